The number of rotatable bonds is 6. The number of pyridine rings is 1. The molecule has 10 heteroatoms. The van der Waals surface area contributed by atoms with E-state index in [-0.39, 0.29) is 42.5 Å². The summed E-state index contributed by atoms with van der Waals surface area (Å²) in [6.45, 7) is 11.8. The Kier molecular flexibility index (Phi) is 9.16. The van der Waals surface area contributed by atoms with Crippen molar-refractivity contribution in [3.05, 3.63) is 34.8 Å². The summed E-state index contributed by atoms with van der Waals surface area (Å²) in [6.07, 6.45) is 1.86. The van der Waals surface area contributed by atoms with Crippen LogP contribution in [0.5, 0.6) is 5.88 Å². The number of amides is 3. The number of aryl methyl sites for hydroxylation is 2. The molecule has 0 radical (unpaired) electrons. The van der Waals surface area contributed by atoms with Gasteiger partial charge >= 0.3 is 6.03 Å². The van der Waals surface area contributed by atoms with Crippen molar-refractivity contribution in [2.24, 2.45) is 11.8 Å². The number of urea groups is 1. The molecule has 3 amide bonds. The second-order valence-corrected chi connectivity index (χ2v) is 10.1. The van der Waals surface area contributed by atoms with Gasteiger partial charge in [0.25, 0.3) is 5.91 Å². The smallest absolute Gasteiger partial charge is 0.321 e. The molecule has 2 aromatic rings. The topological polar surface area (TPSA) is 121 Å². The monoisotopic (exact) mass is 511 g/mol. The van der Waals surface area contributed by atoms with Crippen molar-refractivity contribution < 1.29 is 24.0 Å². The molecular formula is C27H37N5O5. The molecule has 0 aliphatic carbocycles. The van der Waals surface area contributed by atoms with Crippen LogP contribution >= 0.6 is 0 Å². The van der Waals surface area contributed by atoms with Gasteiger partial charge in [-0.15, -0.1) is 0 Å². The number of nitrogens with one attached hydrogen (secondary N) is 1. The third-order valence-electron chi connectivity index (χ3n) is 6.33. The van der Waals surface area contributed by atoms with Crippen molar-refractivity contribution in [3.63, 3.8) is 0 Å². The normalized spacial score (nSPS) is 18.2. The molecule has 1 aliphatic heterocycles. The van der Waals surface area contributed by atoms with Crippen molar-refractivity contribution in [1.29, 1.82) is 0 Å². The molecule has 3 heterocycles. The Morgan fingerprint density at radius 2 is 2.08 bits per heavy atom. The predicted octanol–water partition coefficient (Wildman–Crippen LogP) is 3.47. The van der Waals surface area contributed by atoms with E-state index in [2.05, 4.69) is 41.1 Å². The Morgan fingerprint density at radius 1 is 1.35 bits per heavy atom. The SMILES string of the molecule is Cc1noc(C)c1NC(=O)N(C)C[C@H]1Oc2ncc(C#CCC(C)C)cc2C(=O)N([C@H](C)CO)C[C@H]1C. The Labute approximate surface area is 218 Å². The van der Waals surface area contributed by atoms with Crippen LogP contribution in [0.3, 0.4) is 0 Å². The average Bonchev–Trinajstić information content (AvgIpc) is 3.17. The Bertz CT molecular complexity index is 1160. The molecule has 10 nitrogen and oxygen atoms in total. The summed E-state index contributed by atoms with van der Waals surface area (Å²) in [7, 11) is 1.67. The van der Waals surface area contributed by atoms with Gasteiger partial charge in [0.1, 0.15) is 23.0 Å². The van der Waals surface area contributed by atoms with Gasteiger partial charge in [0.05, 0.1) is 19.2 Å². The molecule has 0 unspecified atom stereocenters. The van der Waals surface area contributed by atoms with Gasteiger partial charge in [-0.05, 0) is 32.8 Å². The largest absolute Gasteiger partial charge is 0.472 e. The van der Waals surface area contributed by atoms with E-state index in [0.717, 1.165) is 6.42 Å². The Hall–Kier alpha value is -3.58. The standard InChI is InChI=1S/C27H37N5O5/c1-16(2)9-8-10-21-11-22-25(28-12-21)36-23(17(3)13-32(26(22)34)18(4)15-33)14-31(7)27(35)29-24-19(5)30-37-20(24)6/h11-12,16-18,23,33H,9,13-15H2,1-7H3,(H,29,35)/t17-,18-,23-/m1/s1. The van der Waals surface area contributed by atoms with Gasteiger partial charge in [-0.2, -0.15) is 0 Å². The van der Waals surface area contributed by atoms with Crippen LogP contribution in [0.2, 0.25) is 0 Å². The average molecular weight is 512 g/mol. The van der Waals surface area contributed by atoms with E-state index in [1.165, 1.54) is 4.90 Å². The molecule has 37 heavy (non-hydrogen) atoms. The second-order valence-electron chi connectivity index (χ2n) is 10.1. The first-order valence-corrected chi connectivity index (χ1v) is 12.5. The van der Waals surface area contributed by atoms with Crippen molar-refractivity contribution in [3.8, 4) is 17.7 Å². The van der Waals surface area contributed by atoms with E-state index in [4.69, 9.17) is 9.26 Å². The van der Waals surface area contributed by atoms with Crippen molar-refractivity contribution in [2.45, 2.75) is 60.1 Å². The van der Waals surface area contributed by atoms with E-state index in [1.54, 1.807) is 45.0 Å². The molecule has 2 aromatic heterocycles. The fourth-order valence-electron chi connectivity index (χ4n) is 3.96. The van der Waals surface area contributed by atoms with Crippen LogP contribution in [0.15, 0.2) is 16.8 Å². The molecule has 0 spiro atoms. The summed E-state index contributed by atoms with van der Waals surface area (Å²) >= 11 is 0. The van der Waals surface area contributed by atoms with Gasteiger partial charge in [0.15, 0.2) is 5.76 Å². The predicted molar refractivity (Wildman–Crippen MR) is 139 cm³/mol. The van der Waals surface area contributed by atoms with E-state index in [9.17, 15) is 14.7 Å². The number of carbonyl (C=O) groups excluding carboxylic acids is 2. The number of likely N-dealkylation sites (N-methyl/N-ethyl adjacent to an activating group) is 1. The first kappa shape index (κ1) is 28.0. The Morgan fingerprint density at radius 3 is 2.70 bits per heavy atom. The zero-order chi connectivity index (χ0) is 27.3. The number of anilines is 1. The van der Waals surface area contributed by atoms with Gasteiger partial charge in [-0.25, -0.2) is 9.78 Å². The summed E-state index contributed by atoms with van der Waals surface area (Å²) < 4.78 is 11.4. The number of hydrogen-bond donors (Lipinski definition) is 2. The van der Waals surface area contributed by atoms with Crippen molar-refractivity contribution >= 4 is 17.6 Å². The number of nitrogens with zero attached hydrogens (tertiary/aromatic N) is 4. The highest BCUT2D eigenvalue weighted by Gasteiger charge is 2.34. The summed E-state index contributed by atoms with van der Waals surface area (Å²) in [5, 5.41) is 16.5. The quantitative estimate of drug-likeness (QED) is 0.570. The van der Waals surface area contributed by atoms with Crippen molar-refractivity contribution in [2.75, 3.05) is 32.1 Å². The molecular weight excluding hydrogens is 474 g/mol. The van der Waals surface area contributed by atoms with Gasteiger partial charge in [-0.3, -0.25) is 4.79 Å². The van der Waals surface area contributed by atoms with Gasteiger partial charge in [0.2, 0.25) is 5.88 Å². The van der Waals surface area contributed by atoms with Gasteiger partial charge in [-0.1, -0.05) is 37.8 Å². The molecule has 0 saturated carbocycles. The van der Waals surface area contributed by atoms with Gasteiger partial charge < -0.3 is 29.5 Å². The summed E-state index contributed by atoms with van der Waals surface area (Å²) in [4.78, 5) is 34.0. The third-order valence-corrected chi connectivity index (χ3v) is 6.33. The van der Waals surface area contributed by atoms with E-state index < -0.39 is 12.1 Å². The maximum absolute atomic E-state index is 13.5. The molecule has 3 atom stereocenters. The zero-order valence-corrected chi connectivity index (χ0v) is 22.7. The van der Waals surface area contributed by atoms with Crippen LogP contribution in [-0.2, 0) is 0 Å². The highest BCUT2D eigenvalue weighted by Crippen LogP contribution is 2.27. The molecule has 3 rings (SSSR count). The second kappa shape index (κ2) is 12.1. The van der Waals surface area contributed by atoms with E-state index in [1.807, 2.05) is 6.92 Å². The number of fused-ring (bicyclic) bond motifs is 1. The summed E-state index contributed by atoms with van der Waals surface area (Å²) in [5.41, 5.74) is 2.04. The molecule has 0 aromatic carbocycles. The minimum atomic E-state index is -0.467. The number of carbonyl (C=O) groups is 2. The molecule has 0 fully saturated rings. The third kappa shape index (κ3) is 6.80. The van der Waals surface area contributed by atoms with Crippen LogP contribution < -0.4 is 10.1 Å². The van der Waals surface area contributed by atoms with Crippen LogP contribution in [0.4, 0.5) is 10.5 Å². The van der Waals surface area contributed by atoms with Crippen molar-refractivity contribution in [1.82, 2.24) is 19.9 Å². The number of ether oxygens (including phenoxy) is 1. The molecule has 2 N–H and O–H groups in total. The number of aromatic nitrogens is 2. The minimum absolute atomic E-state index is 0.160. The number of aliphatic hydroxyl groups excluding tert-OH is 1. The number of aliphatic hydroxyl groups is 1. The van der Waals surface area contributed by atoms with Crippen LogP contribution in [0.1, 0.15) is 61.5 Å². The lowest BCUT2D eigenvalue weighted by atomic mass is 10.00. The van der Waals surface area contributed by atoms with Crippen LogP contribution in [-0.4, -0.2) is 75.9 Å². The fourth-order valence-corrected chi connectivity index (χ4v) is 3.96. The summed E-state index contributed by atoms with van der Waals surface area (Å²) in [5.74, 6) is 6.90. The first-order chi connectivity index (χ1) is 17.5. The highest BCUT2D eigenvalue weighted by molar-refractivity contribution is 5.97. The van der Waals surface area contributed by atoms with E-state index >= 15 is 0 Å². The Balaban J connectivity index is 1.88. The fraction of sp³-hybridized carbons (Fsp3) is 0.556. The summed E-state index contributed by atoms with van der Waals surface area (Å²) in [6, 6.07) is 0.946. The molecule has 0 bridgehead atoms. The highest BCUT2D eigenvalue weighted by atomic mass is 16.5. The lowest BCUT2D eigenvalue weighted by Crippen LogP contribution is -2.50. The molecule has 1 aliphatic rings. The zero-order valence-electron chi connectivity index (χ0n) is 22.7. The maximum atomic E-state index is 13.5. The minimum Gasteiger partial charge on any atom is -0.472 e. The van der Waals surface area contributed by atoms with E-state index in [0.29, 0.717) is 35.2 Å². The number of hydrogen-bond acceptors (Lipinski definition) is 7. The lowest BCUT2D eigenvalue weighted by molar-refractivity contribution is 0.0356. The first-order valence-electron chi connectivity index (χ1n) is 12.5. The lowest BCUT2D eigenvalue weighted by Gasteiger charge is -2.37. The van der Waals surface area contributed by atoms with Crippen LogP contribution in [0.25, 0.3) is 0 Å². The maximum Gasteiger partial charge on any atom is 0.321 e. The molecule has 200 valence electrons. The van der Waals surface area contributed by atoms with Gasteiger partial charge in [0, 0.05) is 37.7 Å². The van der Waals surface area contributed by atoms with Crippen LogP contribution in [0, 0.1) is 37.5 Å². The molecule has 0 saturated heterocycles.